The van der Waals surface area contributed by atoms with E-state index in [9.17, 15) is 0 Å². The molecule has 2 heteroatoms. The molecule has 1 N–H and O–H groups in total. The molecule has 0 saturated carbocycles. The van der Waals surface area contributed by atoms with Crippen LogP contribution in [0.4, 0.5) is 0 Å². The van der Waals surface area contributed by atoms with Crippen LogP contribution in [0.1, 0.15) is 23.6 Å². The Morgan fingerprint density at radius 2 is 2.00 bits per heavy atom. The van der Waals surface area contributed by atoms with Crippen LogP contribution in [0, 0.1) is 0 Å². The van der Waals surface area contributed by atoms with Crippen LogP contribution in [0.15, 0.2) is 47.2 Å². The van der Waals surface area contributed by atoms with Gasteiger partial charge in [-0.2, -0.15) is 11.3 Å². The van der Waals surface area contributed by atoms with Crippen molar-refractivity contribution in [3.63, 3.8) is 0 Å². The molecule has 2 rings (SSSR count). The van der Waals surface area contributed by atoms with Gasteiger partial charge in [-0.05, 0) is 47.8 Å². The van der Waals surface area contributed by atoms with E-state index in [0.29, 0.717) is 6.04 Å². The van der Waals surface area contributed by atoms with E-state index in [-0.39, 0.29) is 0 Å². The van der Waals surface area contributed by atoms with Gasteiger partial charge >= 0.3 is 0 Å². The smallest absolute Gasteiger partial charge is 0.0328 e. The third-order valence-electron chi connectivity index (χ3n) is 2.86. The number of rotatable bonds is 5. The van der Waals surface area contributed by atoms with Gasteiger partial charge in [0.05, 0.1) is 0 Å². The van der Waals surface area contributed by atoms with Crippen molar-refractivity contribution in [1.82, 2.24) is 5.32 Å². The molecule has 84 valence electrons. The van der Waals surface area contributed by atoms with Gasteiger partial charge in [0.25, 0.3) is 0 Å². The van der Waals surface area contributed by atoms with Gasteiger partial charge in [-0.1, -0.05) is 30.3 Å². The van der Waals surface area contributed by atoms with E-state index in [1.165, 1.54) is 11.1 Å². The highest BCUT2D eigenvalue weighted by Gasteiger charge is 2.08. The van der Waals surface area contributed by atoms with Crippen LogP contribution in [0.2, 0.25) is 0 Å². The summed E-state index contributed by atoms with van der Waals surface area (Å²) >= 11 is 1.76. The van der Waals surface area contributed by atoms with Gasteiger partial charge in [0.2, 0.25) is 0 Å². The summed E-state index contributed by atoms with van der Waals surface area (Å²) in [5.41, 5.74) is 2.82. The van der Waals surface area contributed by atoms with Gasteiger partial charge in [0.15, 0.2) is 0 Å². The molecule has 0 radical (unpaired) electrons. The van der Waals surface area contributed by atoms with Crippen molar-refractivity contribution < 1.29 is 0 Å². The maximum atomic E-state index is 3.38. The van der Waals surface area contributed by atoms with Crippen molar-refractivity contribution in [3.8, 4) is 0 Å². The summed E-state index contributed by atoms with van der Waals surface area (Å²) in [4.78, 5) is 0. The molecule has 1 nitrogen and oxygen atoms in total. The van der Waals surface area contributed by atoms with Crippen molar-refractivity contribution in [1.29, 1.82) is 0 Å². The summed E-state index contributed by atoms with van der Waals surface area (Å²) < 4.78 is 0. The third kappa shape index (κ3) is 2.94. The van der Waals surface area contributed by atoms with Crippen molar-refractivity contribution in [2.24, 2.45) is 0 Å². The summed E-state index contributed by atoms with van der Waals surface area (Å²) in [7, 11) is 2.04. The molecule has 16 heavy (non-hydrogen) atoms. The lowest BCUT2D eigenvalue weighted by Crippen LogP contribution is -2.16. The Morgan fingerprint density at radius 3 is 2.62 bits per heavy atom. The first kappa shape index (κ1) is 11.4. The molecular weight excluding hydrogens is 214 g/mol. The van der Waals surface area contributed by atoms with E-state index in [1.807, 2.05) is 7.05 Å². The summed E-state index contributed by atoms with van der Waals surface area (Å²) in [5, 5.41) is 7.75. The minimum Gasteiger partial charge on any atom is -0.313 e. The minimum absolute atomic E-state index is 0.478. The largest absolute Gasteiger partial charge is 0.313 e. The zero-order chi connectivity index (χ0) is 11.2. The predicted octanol–water partition coefficient (Wildman–Crippen LogP) is 3.64. The summed E-state index contributed by atoms with van der Waals surface area (Å²) in [6, 6.07) is 13.4. The average molecular weight is 231 g/mol. The fourth-order valence-corrected chi connectivity index (χ4v) is 2.62. The van der Waals surface area contributed by atoms with Crippen LogP contribution in [-0.4, -0.2) is 7.05 Å². The monoisotopic (exact) mass is 231 g/mol. The fourth-order valence-electron chi connectivity index (χ4n) is 1.91. The first-order valence-corrected chi connectivity index (χ1v) is 6.57. The van der Waals surface area contributed by atoms with Gasteiger partial charge in [-0.25, -0.2) is 0 Å². The predicted molar refractivity (Wildman–Crippen MR) is 70.9 cm³/mol. The second-order valence-electron chi connectivity index (χ2n) is 3.92. The van der Waals surface area contributed by atoms with Crippen LogP contribution >= 0.6 is 11.3 Å². The highest BCUT2D eigenvalue weighted by Crippen LogP contribution is 2.21. The van der Waals surface area contributed by atoms with E-state index in [2.05, 4.69) is 52.5 Å². The Labute approximate surface area is 101 Å². The average Bonchev–Trinajstić information content (AvgIpc) is 2.85. The SMILES string of the molecule is CNC(CCc1ccccc1)c1ccsc1. The number of thiophene rings is 1. The minimum atomic E-state index is 0.478. The van der Waals surface area contributed by atoms with E-state index in [0.717, 1.165) is 12.8 Å². The molecule has 1 aromatic heterocycles. The molecule has 0 spiro atoms. The van der Waals surface area contributed by atoms with Gasteiger partial charge in [0.1, 0.15) is 0 Å². The van der Waals surface area contributed by atoms with Crippen LogP contribution < -0.4 is 5.32 Å². The lowest BCUT2D eigenvalue weighted by molar-refractivity contribution is 0.551. The normalized spacial score (nSPS) is 12.6. The van der Waals surface area contributed by atoms with E-state index >= 15 is 0 Å². The van der Waals surface area contributed by atoms with E-state index < -0.39 is 0 Å². The Morgan fingerprint density at radius 1 is 1.19 bits per heavy atom. The summed E-state index contributed by atoms with van der Waals surface area (Å²) in [6.45, 7) is 0. The lowest BCUT2D eigenvalue weighted by atomic mass is 10.0. The zero-order valence-electron chi connectivity index (χ0n) is 9.52. The quantitative estimate of drug-likeness (QED) is 0.828. The molecule has 0 fully saturated rings. The standard InChI is InChI=1S/C14H17NS/c1-15-14(13-9-10-16-11-13)8-7-12-5-3-2-4-6-12/h2-6,9-11,14-15H,7-8H2,1H3. The lowest BCUT2D eigenvalue weighted by Gasteiger charge is -2.14. The third-order valence-corrected chi connectivity index (χ3v) is 3.56. The second-order valence-corrected chi connectivity index (χ2v) is 4.70. The molecule has 0 aliphatic heterocycles. The van der Waals surface area contributed by atoms with E-state index in [1.54, 1.807) is 11.3 Å². The molecule has 1 atom stereocenters. The highest BCUT2D eigenvalue weighted by molar-refractivity contribution is 7.07. The Kier molecular flexibility index (Phi) is 4.14. The van der Waals surface area contributed by atoms with Gasteiger partial charge in [-0.3, -0.25) is 0 Å². The molecule has 0 aliphatic carbocycles. The van der Waals surface area contributed by atoms with Crippen molar-refractivity contribution in [2.75, 3.05) is 7.05 Å². The second kappa shape index (κ2) is 5.83. The van der Waals surface area contributed by atoms with Crippen LogP contribution in [0.5, 0.6) is 0 Å². The molecule has 2 aromatic rings. The number of benzene rings is 1. The summed E-state index contributed by atoms with van der Waals surface area (Å²) in [5.74, 6) is 0. The Bertz CT molecular complexity index is 394. The zero-order valence-corrected chi connectivity index (χ0v) is 10.3. The van der Waals surface area contributed by atoms with Crippen molar-refractivity contribution in [3.05, 3.63) is 58.3 Å². The molecule has 0 aliphatic rings. The highest BCUT2D eigenvalue weighted by atomic mass is 32.1. The molecule has 1 heterocycles. The molecule has 0 saturated heterocycles. The Balaban J connectivity index is 1.94. The number of hydrogen-bond donors (Lipinski definition) is 1. The van der Waals surface area contributed by atoms with Gasteiger partial charge in [0, 0.05) is 6.04 Å². The van der Waals surface area contributed by atoms with Crippen molar-refractivity contribution in [2.45, 2.75) is 18.9 Å². The van der Waals surface area contributed by atoms with Crippen molar-refractivity contribution >= 4 is 11.3 Å². The maximum Gasteiger partial charge on any atom is 0.0328 e. The van der Waals surface area contributed by atoms with Crippen LogP contribution in [0.25, 0.3) is 0 Å². The first-order valence-electron chi connectivity index (χ1n) is 5.63. The topological polar surface area (TPSA) is 12.0 Å². The number of aryl methyl sites for hydroxylation is 1. The molecule has 1 unspecified atom stereocenters. The maximum absolute atomic E-state index is 3.38. The first-order chi connectivity index (χ1) is 7.90. The van der Waals surface area contributed by atoms with Gasteiger partial charge < -0.3 is 5.32 Å². The molecule has 0 amide bonds. The molecule has 0 bridgehead atoms. The van der Waals surface area contributed by atoms with Gasteiger partial charge in [-0.15, -0.1) is 0 Å². The molecular formula is C14H17NS. The van der Waals surface area contributed by atoms with E-state index in [4.69, 9.17) is 0 Å². The number of hydrogen-bond acceptors (Lipinski definition) is 2. The summed E-state index contributed by atoms with van der Waals surface area (Å²) in [6.07, 6.45) is 2.28. The molecule has 1 aromatic carbocycles. The fraction of sp³-hybridized carbons (Fsp3) is 0.286. The van der Waals surface area contributed by atoms with Crippen LogP contribution in [-0.2, 0) is 6.42 Å². The Hall–Kier alpha value is -1.12. The number of nitrogens with one attached hydrogen (secondary N) is 1. The van der Waals surface area contributed by atoms with Crippen LogP contribution in [0.3, 0.4) is 0 Å².